The van der Waals surface area contributed by atoms with Crippen LogP contribution in [0, 0.1) is 0 Å². The predicted molar refractivity (Wildman–Crippen MR) is 76.5 cm³/mol. The monoisotopic (exact) mass is 285 g/mol. The predicted octanol–water partition coefficient (Wildman–Crippen LogP) is -0.325. The first kappa shape index (κ1) is 15.7. The zero-order valence-electron chi connectivity index (χ0n) is 12.5. The lowest BCUT2D eigenvalue weighted by atomic mass is 9.89. The number of carbonyl (C=O) groups is 1. The lowest BCUT2D eigenvalue weighted by Crippen LogP contribution is -2.61. The third-order valence-electron chi connectivity index (χ3n) is 4.23. The molecule has 0 spiro atoms. The fraction of sp³-hybridized carbons (Fsp3) is 0.929. The molecular weight excluding hydrogens is 258 g/mol. The van der Waals surface area contributed by atoms with Crippen molar-refractivity contribution in [1.82, 2.24) is 9.80 Å². The minimum Gasteiger partial charge on any atom is -0.381 e. The summed E-state index contributed by atoms with van der Waals surface area (Å²) in [6.07, 6.45) is 1.27. The Morgan fingerprint density at radius 3 is 2.50 bits per heavy atom. The van der Waals surface area contributed by atoms with Gasteiger partial charge in [0.05, 0.1) is 12.1 Å². The van der Waals surface area contributed by atoms with Crippen LogP contribution in [0.25, 0.3) is 0 Å². The quantitative estimate of drug-likeness (QED) is 0.701. The van der Waals surface area contributed by atoms with Crippen LogP contribution in [0.4, 0.5) is 0 Å². The largest absolute Gasteiger partial charge is 0.381 e. The standard InChI is InChI=1S/C14H27N3O3/c1-2-19-12-9-16-5-7-17(8-6-16)13(18)14(15)3-10-20-11-4-14/h2-12,15H2,1H3. The Balaban J connectivity index is 1.76. The molecule has 6 nitrogen and oxygen atoms in total. The molecule has 0 radical (unpaired) electrons. The summed E-state index contributed by atoms with van der Waals surface area (Å²) in [5, 5.41) is 0. The molecular formula is C14H27N3O3. The normalized spacial score (nSPS) is 23.8. The number of carbonyl (C=O) groups excluding carboxylic acids is 1. The summed E-state index contributed by atoms with van der Waals surface area (Å²) in [6, 6.07) is 0. The van der Waals surface area contributed by atoms with E-state index in [1.54, 1.807) is 0 Å². The van der Waals surface area contributed by atoms with Gasteiger partial charge in [0, 0.05) is 52.5 Å². The van der Waals surface area contributed by atoms with Crippen LogP contribution in [0.3, 0.4) is 0 Å². The van der Waals surface area contributed by atoms with Crippen molar-refractivity contribution in [3.63, 3.8) is 0 Å². The molecule has 0 saturated carbocycles. The van der Waals surface area contributed by atoms with Crippen molar-refractivity contribution in [3.05, 3.63) is 0 Å². The lowest BCUT2D eigenvalue weighted by Gasteiger charge is -2.40. The summed E-state index contributed by atoms with van der Waals surface area (Å²) in [6.45, 7) is 9.01. The maximum absolute atomic E-state index is 12.5. The summed E-state index contributed by atoms with van der Waals surface area (Å²) in [5.74, 6) is 0.102. The van der Waals surface area contributed by atoms with Crippen molar-refractivity contribution in [2.45, 2.75) is 25.3 Å². The Hall–Kier alpha value is -0.690. The number of nitrogens with two attached hydrogens (primary N) is 1. The van der Waals surface area contributed by atoms with Crippen molar-refractivity contribution >= 4 is 5.91 Å². The van der Waals surface area contributed by atoms with Crippen LogP contribution in [-0.4, -0.2) is 80.4 Å². The molecule has 2 saturated heterocycles. The van der Waals surface area contributed by atoms with E-state index in [0.717, 1.165) is 45.9 Å². The van der Waals surface area contributed by atoms with Gasteiger partial charge in [-0.2, -0.15) is 0 Å². The van der Waals surface area contributed by atoms with Crippen molar-refractivity contribution in [3.8, 4) is 0 Å². The fourth-order valence-corrected chi connectivity index (χ4v) is 2.78. The molecule has 2 heterocycles. The highest BCUT2D eigenvalue weighted by molar-refractivity contribution is 5.86. The van der Waals surface area contributed by atoms with E-state index in [1.807, 2.05) is 11.8 Å². The summed E-state index contributed by atoms with van der Waals surface area (Å²) in [4.78, 5) is 16.8. The van der Waals surface area contributed by atoms with E-state index in [-0.39, 0.29) is 5.91 Å². The number of rotatable bonds is 5. The Bertz CT molecular complexity index is 311. The second-order valence-corrected chi connectivity index (χ2v) is 5.60. The highest BCUT2D eigenvalue weighted by Crippen LogP contribution is 2.21. The molecule has 20 heavy (non-hydrogen) atoms. The van der Waals surface area contributed by atoms with Crippen molar-refractivity contribution < 1.29 is 14.3 Å². The molecule has 0 unspecified atom stereocenters. The number of hydrogen-bond donors (Lipinski definition) is 1. The van der Waals surface area contributed by atoms with Gasteiger partial charge in [0.2, 0.25) is 5.91 Å². The van der Waals surface area contributed by atoms with Crippen LogP contribution in [0.2, 0.25) is 0 Å². The van der Waals surface area contributed by atoms with Gasteiger partial charge in [0.15, 0.2) is 0 Å². The Morgan fingerprint density at radius 1 is 1.25 bits per heavy atom. The smallest absolute Gasteiger partial charge is 0.242 e. The van der Waals surface area contributed by atoms with E-state index < -0.39 is 5.54 Å². The maximum atomic E-state index is 12.5. The van der Waals surface area contributed by atoms with Gasteiger partial charge in [-0.25, -0.2) is 0 Å². The van der Waals surface area contributed by atoms with Gasteiger partial charge >= 0.3 is 0 Å². The SMILES string of the molecule is CCOCCN1CCN(C(=O)C2(N)CCOCC2)CC1. The zero-order chi connectivity index (χ0) is 14.4. The first-order valence-corrected chi connectivity index (χ1v) is 7.62. The third kappa shape index (κ3) is 3.91. The van der Waals surface area contributed by atoms with Gasteiger partial charge in [-0.15, -0.1) is 0 Å². The molecule has 2 aliphatic heterocycles. The Labute approximate surface area is 121 Å². The molecule has 2 N–H and O–H groups in total. The Kier molecular flexibility index (Phi) is 5.77. The van der Waals surface area contributed by atoms with Crippen molar-refractivity contribution in [2.24, 2.45) is 5.73 Å². The van der Waals surface area contributed by atoms with Gasteiger partial charge in [-0.05, 0) is 19.8 Å². The molecule has 0 bridgehead atoms. The number of ether oxygens (including phenoxy) is 2. The van der Waals surface area contributed by atoms with Gasteiger partial charge in [0.1, 0.15) is 0 Å². The molecule has 0 atom stereocenters. The maximum Gasteiger partial charge on any atom is 0.242 e. The molecule has 1 amide bonds. The molecule has 0 aromatic heterocycles. The zero-order valence-corrected chi connectivity index (χ0v) is 12.5. The third-order valence-corrected chi connectivity index (χ3v) is 4.23. The summed E-state index contributed by atoms with van der Waals surface area (Å²) in [5.41, 5.74) is 5.56. The van der Waals surface area contributed by atoms with Crippen LogP contribution in [0.1, 0.15) is 19.8 Å². The molecule has 0 aliphatic carbocycles. The number of hydrogen-bond acceptors (Lipinski definition) is 5. The summed E-state index contributed by atoms with van der Waals surface area (Å²) in [7, 11) is 0. The highest BCUT2D eigenvalue weighted by atomic mass is 16.5. The Morgan fingerprint density at radius 2 is 1.90 bits per heavy atom. The minimum atomic E-state index is -0.703. The van der Waals surface area contributed by atoms with Crippen LogP contribution >= 0.6 is 0 Å². The van der Waals surface area contributed by atoms with E-state index in [4.69, 9.17) is 15.2 Å². The summed E-state index contributed by atoms with van der Waals surface area (Å²) < 4.78 is 10.7. The number of piperazine rings is 1. The van der Waals surface area contributed by atoms with Crippen molar-refractivity contribution in [1.29, 1.82) is 0 Å². The van der Waals surface area contributed by atoms with Crippen LogP contribution in [0.5, 0.6) is 0 Å². The van der Waals surface area contributed by atoms with Crippen LogP contribution in [0.15, 0.2) is 0 Å². The average Bonchev–Trinajstić information content (AvgIpc) is 2.48. The lowest BCUT2D eigenvalue weighted by molar-refractivity contribution is -0.142. The topological polar surface area (TPSA) is 68.0 Å². The number of amides is 1. The fourth-order valence-electron chi connectivity index (χ4n) is 2.78. The van der Waals surface area contributed by atoms with Crippen molar-refractivity contribution in [2.75, 3.05) is 59.2 Å². The number of nitrogens with zero attached hydrogens (tertiary/aromatic N) is 2. The molecule has 2 fully saturated rings. The summed E-state index contributed by atoms with van der Waals surface area (Å²) >= 11 is 0. The van der Waals surface area contributed by atoms with E-state index in [0.29, 0.717) is 26.1 Å². The molecule has 116 valence electrons. The molecule has 0 aromatic rings. The second-order valence-electron chi connectivity index (χ2n) is 5.60. The van der Waals surface area contributed by atoms with E-state index in [9.17, 15) is 4.79 Å². The molecule has 6 heteroatoms. The van der Waals surface area contributed by atoms with E-state index in [1.165, 1.54) is 0 Å². The average molecular weight is 285 g/mol. The van der Waals surface area contributed by atoms with Crippen LogP contribution in [-0.2, 0) is 14.3 Å². The highest BCUT2D eigenvalue weighted by Gasteiger charge is 2.39. The second kappa shape index (κ2) is 7.36. The van der Waals surface area contributed by atoms with Gasteiger partial charge in [-0.3, -0.25) is 9.69 Å². The first-order valence-electron chi connectivity index (χ1n) is 7.62. The van der Waals surface area contributed by atoms with Gasteiger partial charge < -0.3 is 20.1 Å². The van der Waals surface area contributed by atoms with Gasteiger partial charge in [0.25, 0.3) is 0 Å². The van der Waals surface area contributed by atoms with Gasteiger partial charge in [-0.1, -0.05) is 0 Å². The first-order chi connectivity index (χ1) is 9.65. The molecule has 0 aromatic carbocycles. The van der Waals surface area contributed by atoms with Crippen LogP contribution < -0.4 is 5.73 Å². The van der Waals surface area contributed by atoms with E-state index in [2.05, 4.69) is 4.90 Å². The van der Waals surface area contributed by atoms with E-state index >= 15 is 0 Å². The molecule has 2 aliphatic rings. The molecule has 2 rings (SSSR count). The minimum absolute atomic E-state index is 0.102.